The van der Waals surface area contributed by atoms with Crippen LogP contribution in [0, 0.1) is 0 Å². The van der Waals surface area contributed by atoms with Crippen LogP contribution in [0.4, 0.5) is 0 Å². The van der Waals surface area contributed by atoms with Gasteiger partial charge in [0.05, 0.1) is 11.0 Å². The number of likely N-dealkylation sites (tertiary alicyclic amines) is 1. The molecule has 5 rings (SSSR count). The Hall–Kier alpha value is -3.34. The molecular formula is C27H29N3O2. The number of hydrogen-bond donors (Lipinski definition) is 0. The number of aryl methyl sites for hydroxylation is 1. The summed E-state index contributed by atoms with van der Waals surface area (Å²) in [6.07, 6.45) is 5.18. The number of carbonyl (C=O) groups excluding carboxylic acids is 1. The Kier molecular flexibility index (Phi) is 6.06. The predicted octanol–water partition coefficient (Wildman–Crippen LogP) is 5.56. The van der Waals surface area contributed by atoms with Gasteiger partial charge in [0.15, 0.2) is 0 Å². The van der Waals surface area contributed by atoms with Crippen molar-refractivity contribution in [1.82, 2.24) is 14.5 Å². The maximum Gasteiger partial charge on any atom is 0.224 e. The Labute approximate surface area is 188 Å². The number of imidazole rings is 1. The number of nitrogens with zero attached hydrogens (tertiary/aromatic N) is 3. The van der Waals surface area contributed by atoms with Crippen LogP contribution in [0.5, 0.6) is 5.75 Å². The van der Waals surface area contributed by atoms with Crippen molar-refractivity contribution in [3.8, 4) is 5.75 Å². The van der Waals surface area contributed by atoms with Crippen molar-refractivity contribution in [3.63, 3.8) is 0 Å². The quantitative estimate of drug-likeness (QED) is 0.405. The van der Waals surface area contributed by atoms with Gasteiger partial charge in [-0.25, -0.2) is 4.98 Å². The SMILES string of the molecule is O=C(CCn1c(COc2ccc3ccccc3c2)nc2ccccc21)N1CCCCCC1. The average Bonchev–Trinajstić information content (AvgIpc) is 2.98. The van der Waals surface area contributed by atoms with Crippen LogP contribution >= 0.6 is 0 Å². The Bertz CT molecular complexity index is 1220. The average molecular weight is 428 g/mol. The molecule has 164 valence electrons. The fourth-order valence-corrected chi connectivity index (χ4v) is 4.58. The van der Waals surface area contributed by atoms with Crippen LogP contribution in [0.25, 0.3) is 21.8 Å². The lowest BCUT2D eigenvalue weighted by atomic mass is 10.1. The first-order chi connectivity index (χ1) is 15.8. The van der Waals surface area contributed by atoms with E-state index in [0.717, 1.165) is 53.9 Å². The molecule has 0 N–H and O–H groups in total. The largest absolute Gasteiger partial charge is 0.486 e. The van der Waals surface area contributed by atoms with Gasteiger partial charge < -0.3 is 14.2 Å². The fourth-order valence-electron chi connectivity index (χ4n) is 4.58. The van der Waals surface area contributed by atoms with Crippen LogP contribution < -0.4 is 4.74 Å². The van der Waals surface area contributed by atoms with E-state index < -0.39 is 0 Å². The smallest absolute Gasteiger partial charge is 0.224 e. The van der Waals surface area contributed by atoms with E-state index in [0.29, 0.717) is 19.6 Å². The number of aromatic nitrogens is 2. The topological polar surface area (TPSA) is 47.4 Å². The monoisotopic (exact) mass is 427 g/mol. The van der Waals surface area contributed by atoms with Gasteiger partial charge in [0, 0.05) is 26.1 Å². The summed E-state index contributed by atoms with van der Waals surface area (Å²) in [7, 11) is 0. The van der Waals surface area contributed by atoms with Crippen LogP contribution in [0.15, 0.2) is 66.7 Å². The second kappa shape index (κ2) is 9.43. The van der Waals surface area contributed by atoms with Gasteiger partial charge in [-0.2, -0.15) is 0 Å². The zero-order valence-electron chi connectivity index (χ0n) is 18.4. The molecule has 0 saturated carbocycles. The Balaban J connectivity index is 1.33. The molecule has 0 atom stereocenters. The Morgan fingerprint density at radius 3 is 2.47 bits per heavy atom. The summed E-state index contributed by atoms with van der Waals surface area (Å²) in [5.41, 5.74) is 1.99. The number of carbonyl (C=O) groups is 1. The Morgan fingerprint density at radius 2 is 1.62 bits per heavy atom. The number of para-hydroxylation sites is 2. The van der Waals surface area contributed by atoms with Crippen molar-refractivity contribution < 1.29 is 9.53 Å². The summed E-state index contributed by atoms with van der Waals surface area (Å²) in [4.78, 5) is 19.7. The van der Waals surface area contributed by atoms with Gasteiger partial charge in [-0.1, -0.05) is 55.3 Å². The summed E-state index contributed by atoms with van der Waals surface area (Å²) >= 11 is 0. The van der Waals surface area contributed by atoms with E-state index in [2.05, 4.69) is 34.9 Å². The molecule has 2 heterocycles. The maximum absolute atomic E-state index is 12.9. The number of benzene rings is 3. The summed E-state index contributed by atoms with van der Waals surface area (Å²) in [5, 5.41) is 2.35. The van der Waals surface area contributed by atoms with Crippen LogP contribution in [-0.4, -0.2) is 33.4 Å². The van der Waals surface area contributed by atoms with Crippen molar-refractivity contribution in [2.24, 2.45) is 0 Å². The summed E-state index contributed by atoms with van der Waals surface area (Å²) in [6.45, 7) is 2.76. The second-order valence-electron chi connectivity index (χ2n) is 8.51. The predicted molar refractivity (Wildman–Crippen MR) is 128 cm³/mol. The van der Waals surface area contributed by atoms with Gasteiger partial charge in [-0.05, 0) is 47.9 Å². The molecule has 1 amide bonds. The number of ether oxygens (including phenoxy) is 1. The van der Waals surface area contributed by atoms with E-state index in [1.807, 2.05) is 41.3 Å². The minimum absolute atomic E-state index is 0.242. The number of rotatable bonds is 6. The molecule has 1 aliphatic rings. The third-order valence-corrected chi connectivity index (χ3v) is 6.33. The number of fused-ring (bicyclic) bond motifs is 2. The highest BCUT2D eigenvalue weighted by Crippen LogP contribution is 2.23. The normalized spacial score (nSPS) is 14.6. The molecule has 3 aromatic carbocycles. The molecule has 0 aliphatic carbocycles. The van der Waals surface area contributed by atoms with Crippen LogP contribution in [0.1, 0.15) is 37.9 Å². The highest BCUT2D eigenvalue weighted by molar-refractivity contribution is 5.83. The van der Waals surface area contributed by atoms with Gasteiger partial charge in [-0.15, -0.1) is 0 Å². The lowest BCUT2D eigenvalue weighted by molar-refractivity contribution is -0.131. The van der Waals surface area contributed by atoms with Crippen molar-refractivity contribution >= 4 is 27.7 Å². The van der Waals surface area contributed by atoms with Crippen molar-refractivity contribution in [2.75, 3.05) is 13.1 Å². The van der Waals surface area contributed by atoms with E-state index in [1.165, 1.54) is 18.2 Å². The minimum atomic E-state index is 0.242. The molecule has 0 unspecified atom stereocenters. The van der Waals surface area contributed by atoms with Gasteiger partial charge in [-0.3, -0.25) is 4.79 Å². The standard InChI is InChI=1S/C27H29N3O2/c31-27(29-16-7-1-2-8-17-29)15-18-30-25-12-6-5-11-24(25)28-26(30)20-32-23-14-13-21-9-3-4-10-22(21)19-23/h3-6,9-14,19H,1-2,7-8,15-18,20H2. The molecule has 1 aromatic heterocycles. The van der Waals surface area contributed by atoms with Gasteiger partial charge >= 0.3 is 0 Å². The first kappa shape index (κ1) is 20.6. The molecular weight excluding hydrogens is 398 g/mol. The molecule has 1 saturated heterocycles. The molecule has 0 bridgehead atoms. The molecule has 5 heteroatoms. The third kappa shape index (κ3) is 4.47. The zero-order valence-corrected chi connectivity index (χ0v) is 18.4. The molecule has 0 radical (unpaired) electrons. The van der Waals surface area contributed by atoms with Gasteiger partial charge in [0.1, 0.15) is 18.2 Å². The highest BCUT2D eigenvalue weighted by atomic mass is 16.5. The molecule has 1 aliphatic heterocycles. The van der Waals surface area contributed by atoms with E-state index in [4.69, 9.17) is 9.72 Å². The molecule has 32 heavy (non-hydrogen) atoms. The highest BCUT2D eigenvalue weighted by Gasteiger charge is 2.17. The van der Waals surface area contributed by atoms with Crippen molar-refractivity contribution in [2.45, 2.75) is 45.3 Å². The number of amides is 1. The summed E-state index contributed by atoms with van der Waals surface area (Å²) in [6, 6.07) is 22.5. The molecule has 5 nitrogen and oxygen atoms in total. The fraction of sp³-hybridized carbons (Fsp3) is 0.333. The lowest BCUT2D eigenvalue weighted by Gasteiger charge is -2.20. The summed E-state index contributed by atoms with van der Waals surface area (Å²) < 4.78 is 8.28. The summed E-state index contributed by atoms with van der Waals surface area (Å²) in [5.74, 6) is 1.91. The van der Waals surface area contributed by atoms with E-state index >= 15 is 0 Å². The van der Waals surface area contributed by atoms with E-state index in [9.17, 15) is 4.79 Å². The lowest BCUT2D eigenvalue weighted by Crippen LogP contribution is -2.32. The maximum atomic E-state index is 12.9. The van der Waals surface area contributed by atoms with E-state index in [1.54, 1.807) is 0 Å². The number of hydrogen-bond acceptors (Lipinski definition) is 3. The van der Waals surface area contributed by atoms with Gasteiger partial charge in [0.2, 0.25) is 5.91 Å². The second-order valence-corrected chi connectivity index (χ2v) is 8.51. The third-order valence-electron chi connectivity index (χ3n) is 6.33. The Morgan fingerprint density at radius 1 is 0.875 bits per heavy atom. The van der Waals surface area contributed by atoms with Crippen molar-refractivity contribution in [3.05, 3.63) is 72.6 Å². The van der Waals surface area contributed by atoms with Crippen molar-refractivity contribution in [1.29, 1.82) is 0 Å². The zero-order chi connectivity index (χ0) is 21.8. The first-order valence-corrected chi connectivity index (χ1v) is 11.6. The van der Waals surface area contributed by atoms with Crippen LogP contribution in [0.3, 0.4) is 0 Å². The van der Waals surface area contributed by atoms with Gasteiger partial charge in [0.25, 0.3) is 0 Å². The molecule has 1 fully saturated rings. The molecule has 4 aromatic rings. The minimum Gasteiger partial charge on any atom is -0.486 e. The van der Waals surface area contributed by atoms with E-state index in [-0.39, 0.29) is 5.91 Å². The molecule has 0 spiro atoms. The first-order valence-electron chi connectivity index (χ1n) is 11.6. The van der Waals surface area contributed by atoms with Crippen LogP contribution in [0.2, 0.25) is 0 Å². The van der Waals surface area contributed by atoms with Crippen LogP contribution in [-0.2, 0) is 17.9 Å².